The average Bonchev–Trinajstić information content (AvgIpc) is 2.46. The van der Waals surface area contributed by atoms with E-state index < -0.39 is 0 Å². The van der Waals surface area contributed by atoms with Crippen molar-refractivity contribution in [1.82, 2.24) is 5.32 Å². The van der Waals surface area contributed by atoms with Crippen molar-refractivity contribution in [1.29, 1.82) is 0 Å². The predicted octanol–water partition coefficient (Wildman–Crippen LogP) is 2.22. The summed E-state index contributed by atoms with van der Waals surface area (Å²) < 4.78 is 16.5. The maximum absolute atomic E-state index is 6.01. The van der Waals surface area contributed by atoms with Crippen LogP contribution < -0.4 is 5.32 Å². The third kappa shape index (κ3) is 6.70. The molecule has 1 aliphatic rings. The maximum Gasteiger partial charge on any atom is 0.0731 e. The van der Waals surface area contributed by atoms with E-state index in [1.54, 1.807) is 7.11 Å². The van der Waals surface area contributed by atoms with Gasteiger partial charge < -0.3 is 19.5 Å². The van der Waals surface area contributed by atoms with Crippen LogP contribution in [0.3, 0.4) is 0 Å². The van der Waals surface area contributed by atoms with Gasteiger partial charge in [-0.25, -0.2) is 0 Å². The van der Waals surface area contributed by atoms with Crippen molar-refractivity contribution in [2.45, 2.75) is 51.2 Å². The van der Waals surface area contributed by atoms with Crippen molar-refractivity contribution in [3.05, 3.63) is 0 Å². The average molecular weight is 273 g/mol. The van der Waals surface area contributed by atoms with E-state index in [1.807, 2.05) is 7.05 Å². The highest BCUT2D eigenvalue weighted by Gasteiger charge is 2.29. The molecule has 0 aromatic heterocycles. The Morgan fingerprint density at radius 1 is 1.11 bits per heavy atom. The van der Waals surface area contributed by atoms with E-state index in [-0.39, 0.29) is 0 Å². The molecule has 3 atom stereocenters. The molecule has 0 aliphatic heterocycles. The molecule has 1 saturated carbocycles. The van der Waals surface area contributed by atoms with Crippen LogP contribution in [0.1, 0.15) is 39.0 Å². The largest absolute Gasteiger partial charge is 0.385 e. The molecule has 4 heteroatoms. The lowest BCUT2D eigenvalue weighted by molar-refractivity contribution is -0.0364. The highest BCUT2D eigenvalue weighted by molar-refractivity contribution is 4.84. The zero-order chi connectivity index (χ0) is 13.9. The first-order valence-corrected chi connectivity index (χ1v) is 7.67. The van der Waals surface area contributed by atoms with Crippen molar-refractivity contribution in [2.75, 3.05) is 40.6 Å². The third-order valence-corrected chi connectivity index (χ3v) is 4.05. The van der Waals surface area contributed by atoms with Gasteiger partial charge in [0, 0.05) is 26.4 Å². The van der Waals surface area contributed by atoms with Crippen LogP contribution in [0.25, 0.3) is 0 Å². The highest BCUT2D eigenvalue weighted by Crippen LogP contribution is 2.28. The molecule has 0 amide bonds. The Labute approximate surface area is 118 Å². The number of hydrogen-bond donors (Lipinski definition) is 1. The number of likely N-dealkylation sites (N-methyl/N-ethyl adjacent to an activating group) is 1. The molecule has 0 radical (unpaired) electrons. The first kappa shape index (κ1) is 16.9. The quantitative estimate of drug-likeness (QED) is 0.620. The Balaban J connectivity index is 2.11. The van der Waals surface area contributed by atoms with Gasteiger partial charge in [-0.2, -0.15) is 0 Å². The minimum atomic E-state index is 0.353. The Morgan fingerprint density at radius 2 is 1.95 bits per heavy atom. The van der Waals surface area contributed by atoms with Crippen LogP contribution in [-0.2, 0) is 14.2 Å². The maximum atomic E-state index is 6.01. The number of methoxy groups -OCH3 is 1. The molecule has 1 aliphatic carbocycles. The Morgan fingerprint density at radius 3 is 2.63 bits per heavy atom. The first-order chi connectivity index (χ1) is 9.31. The van der Waals surface area contributed by atoms with Crippen molar-refractivity contribution in [2.24, 2.45) is 5.92 Å². The van der Waals surface area contributed by atoms with Crippen molar-refractivity contribution in [3.8, 4) is 0 Å². The molecule has 0 aromatic carbocycles. The zero-order valence-corrected chi connectivity index (χ0v) is 12.8. The van der Waals surface area contributed by atoms with E-state index in [0.717, 1.165) is 25.6 Å². The summed E-state index contributed by atoms with van der Waals surface area (Å²) in [6, 6.07) is 0.510. The fraction of sp³-hybridized carbons (Fsp3) is 1.00. The predicted molar refractivity (Wildman–Crippen MR) is 77.5 cm³/mol. The normalized spacial score (nSPS) is 27.6. The molecule has 0 spiro atoms. The summed E-state index contributed by atoms with van der Waals surface area (Å²) in [5.74, 6) is 0.831. The van der Waals surface area contributed by atoms with Crippen LogP contribution >= 0.6 is 0 Å². The minimum Gasteiger partial charge on any atom is -0.385 e. The molecule has 0 bridgehead atoms. The summed E-state index contributed by atoms with van der Waals surface area (Å²) in [5, 5.41) is 3.39. The number of nitrogens with one attached hydrogen (secondary N) is 1. The molecule has 1 rings (SSSR count). The summed E-state index contributed by atoms with van der Waals surface area (Å²) in [5.41, 5.74) is 0. The Kier molecular flexibility index (Phi) is 9.43. The SMILES string of the molecule is CCC1CCC(NC)C(OCCOCCCOC)C1. The van der Waals surface area contributed by atoms with Gasteiger partial charge in [0.15, 0.2) is 0 Å². The minimum absolute atomic E-state index is 0.353. The smallest absolute Gasteiger partial charge is 0.0731 e. The number of ether oxygens (including phenoxy) is 3. The van der Waals surface area contributed by atoms with Gasteiger partial charge in [-0.15, -0.1) is 0 Å². The molecule has 114 valence electrons. The van der Waals surface area contributed by atoms with Gasteiger partial charge in [-0.05, 0) is 38.6 Å². The van der Waals surface area contributed by atoms with Gasteiger partial charge >= 0.3 is 0 Å². The van der Waals surface area contributed by atoms with Crippen LogP contribution in [0.2, 0.25) is 0 Å². The van der Waals surface area contributed by atoms with Gasteiger partial charge in [0.1, 0.15) is 0 Å². The molecular weight excluding hydrogens is 242 g/mol. The molecular formula is C15H31NO3. The van der Waals surface area contributed by atoms with Crippen molar-refractivity contribution in [3.63, 3.8) is 0 Å². The lowest BCUT2D eigenvalue weighted by Crippen LogP contribution is -2.44. The van der Waals surface area contributed by atoms with Crippen LogP contribution in [0.4, 0.5) is 0 Å². The van der Waals surface area contributed by atoms with Crippen LogP contribution in [0, 0.1) is 5.92 Å². The summed E-state index contributed by atoms with van der Waals surface area (Å²) in [4.78, 5) is 0. The second-order valence-corrected chi connectivity index (χ2v) is 5.35. The third-order valence-electron chi connectivity index (χ3n) is 4.05. The lowest BCUT2D eigenvalue weighted by atomic mass is 9.82. The van der Waals surface area contributed by atoms with E-state index in [4.69, 9.17) is 14.2 Å². The fourth-order valence-electron chi connectivity index (χ4n) is 2.76. The number of rotatable bonds is 10. The molecule has 3 unspecified atom stereocenters. The molecule has 0 saturated heterocycles. The van der Waals surface area contributed by atoms with E-state index in [1.165, 1.54) is 25.7 Å². The van der Waals surface area contributed by atoms with E-state index in [0.29, 0.717) is 25.4 Å². The second kappa shape index (κ2) is 10.6. The summed E-state index contributed by atoms with van der Waals surface area (Å²) in [6.45, 7) is 5.19. The van der Waals surface area contributed by atoms with Crippen LogP contribution in [-0.4, -0.2) is 52.7 Å². The Bertz CT molecular complexity index is 214. The molecule has 1 N–H and O–H groups in total. The summed E-state index contributed by atoms with van der Waals surface area (Å²) >= 11 is 0. The van der Waals surface area contributed by atoms with E-state index in [2.05, 4.69) is 12.2 Å². The van der Waals surface area contributed by atoms with Crippen molar-refractivity contribution >= 4 is 0 Å². The van der Waals surface area contributed by atoms with Crippen molar-refractivity contribution < 1.29 is 14.2 Å². The summed E-state index contributed by atoms with van der Waals surface area (Å²) in [6.07, 6.45) is 6.32. The van der Waals surface area contributed by atoms with E-state index >= 15 is 0 Å². The molecule has 4 nitrogen and oxygen atoms in total. The highest BCUT2D eigenvalue weighted by atomic mass is 16.5. The monoisotopic (exact) mass is 273 g/mol. The molecule has 1 fully saturated rings. The van der Waals surface area contributed by atoms with Gasteiger partial charge in [-0.3, -0.25) is 0 Å². The van der Waals surface area contributed by atoms with Crippen LogP contribution in [0.5, 0.6) is 0 Å². The van der Waals surface area contributed by atoms with Gasteiger partial charge in [0.25, 0.3) is 0 Å². The molecule has 19 heavy (non-hydrogen) atoms. The zero-order valence-electron chi connectivity index (χ0n) is 12.8. The second-order valence-electron chi connectivity index (χ2n) is 5.35. The topological polar surface area (TPSA) is 39.7 Å². The number of hydrogen-bond acceptors (Lipinski definition) is 4. The lowest BCUT2D eigenvalue weighted by Gasteiger charge is -2.35. The Hall–Kier alpha value is -0.160. The molecule has 0 aromatic rings. The van der Waals surface area contributed by atoms with Gasteiger partial charge in [0.05, 0.1) is 19.3 Å². The van der Waals surface area contributed by atoms with Crippen LogP contribution in [0.15, 0.2) is 0 Å². The summed E-state index contributed by atoms with van der Waals surface area (Å²) in [7, 11) is 3.75. The van der Waals surface area contributed by atoms with Gasteiger partial charge in [0.2, 0.25) is 0 Å². The fourth-order valence-corrected chi connectivity index (χ4v) is 2.76. The van der Waals surface area contributed by atoms with E-state index in [9.17, 15) is 0 Å². The van der Waals surface area contributed by atoms with Gasteiger partial charge in [-0.1, -0.05) is 13.3 Å². The standard InChI is InChI=1S/C15H31NO3/c1-4-13-6-7-14(16-2)15(12-13)19-11-10-18-9-5-8-17-3/h13-16H,4-12H2,1-3H3. The first-order valence-electron chi connectivity index (χ1n) is 7.67. The molecule has 0 heterocycles.